The van der Waals surface area contributed by atoms with Crippen molar-refractivity contribution in [2.45, 2.75) is 0 Å². The van der Waals surface area contributed by atoms with Gasteiger partial charge in [-0.05, 0) is 0 Å². The second-order valence-electron chi connectivity index (χ2n) is 2.96. The number of aromatic nitrogens is 4. The third kappa shape index (κ3) is 1.46. The molecule has 0 aliphatic carbocycles. The lowest BCUT2D eigenvalue weighted by Gasteiger charge is -2.09. The number of halogens is 1. The molecule has 2 aromatic heterocycles. The van der Waals surface area contributed by atoms with Gasteiger partial charge in [-0.2, -0.15) is 0 Å². The molecule has 0 saturated heterocycles. The van der Waals surface area contributed by atoms with Gasteiger partial charge in [-0.3, -0.25) is 0 Å². The van der Waals surface area contributed by atoms with Crippen LogP contribution in [0.2, 0.25) is 5.15 Å². The van der Waals surface area contributed by atoms with E-state index < -0.39 is 0 Å². The molecule has 0 amide bonds. The highest BCUT2D eigenvalue weighted by atomic mass is 35.5. The molecular formula is C8H8ClN5. The molecule has 5 nitrogen and oxygen atoms in total. The summed E-state index contributed by atoms with van der Waals surface area (Å²) in [5.74, 6) is 0.592. The van der Waals surface area contributed by atoms with Crippen molar-refractivity contribution in [3.05, 3.63) is 17.7 Å². The van der Waals surface area contributed by atoms with E-state index in [1.807, 2.05) is 14.1 Å². The van der Waals surface area contributed by atoms with Crippen LogP contribution in [0.3, 0.4) is 0 Å². The Hall–Kier alpha value is -1.49. The van der Waals surface area contributed by atoms with Crippen molar-refractivity contribution >= 4 is 28.6 Å². The number of nitrogens with zero attached hydrogens (tertiary/aromatic N) is 5. The quantitative estimate of drug-likeness (QED) is 0.660. The van der Waals surface area contributed by atoms with Gasteiger partial charge in [0.05, 0.1) is 6.20 Å². The molecule has 0 saturated carbocycles. The maximum Gasteiger partial charge on any atom is 0.225 e. The monoisotopic (exact) mass is 209 g/mol. The average molecular weight is 210 g/mol. The molecule has 0 N–H and O–H groups in total. The minimum atomic E-state index is 0.348. The first kappa shape index (κ1) is 9.08. The van der Waals surface area contributed by atoms with E-state index in [0.29, 0.717) is 22.1 Å². The first-order valence-corrected chi connectivity index (χ1v) is 4.37. The van der Waals surface area contributed by atoms with Gasteiger partial charge >= 0.3 is 0 Å². The van der Waals surface area contributed by atoms with Gasteiger partial charge in [0.1, 0.15) is 17.4 Å². The van der Waals surface area contributed by atoms with E-state index in [0.717, 1.165) is 0 Å². The summed E-state index contributed by atoms with van der Waals surface area (Å²) in [4.78, 5) is 18.0. The van der Waals surface area contributed by atoms with Gasteiger partial charge in [-0.15, -0.1) is 0 Å². The minimum absolute atomic E-state index is 0.348. The molecular weight excluding hydrogens is 202 g/mol. The Morgan fingerprint density at radius 2 is 2.00 bits per heavy atom. The molecule has 2 heterocycles. The normalized spacial score (nSPS) is 10.5. The van der Waals surface area contributed by atoms with E-state index in [-0.39, 0.29) is 0 Å². The van der Waals surface area contributed by atoms with Crippen LogP contribution in [-0.4, -0.2) is 34.0 Å². The van der Waals surface area contributed by atoms with Crippen molar-refractivity contribution in [3.8, 4) is 0 Å². The molecule has 0 bridgehead atoms. The number of rotatable bonds is 1. The zero-order valence-corrected chi connectivity index (χ0v) is 8.52. The summed E-state index contributed by atoms with van der Waals surface area (Å²) in [6.45, 7) is 0. The standard InChI is InChI=1S/C8H8ClN5/c1-14(2)8-10-3-5-6(13-8)7(9)12-4-11-5/h3-4H,1-2H3. The van der Waals surface area contributed by atoms with Gasteiger partial charge in [0.15, 0.2) is 5.15 Å². The van der Waals surface area contributed by atoms with Crippen LogP contribution in [0.5, 0.6) is 0 Å². The number of fused-ring (bicyclic) bond motifs is 1. The Bertz CT molecular complexity index is 470. The fraction of sp³-hybridized carbons (Fsp3) is 0.250. The molecule has 2 aromatic rings. The molecule has 0 unspecified atom stereocenters. The minimum Gasteiger partial charge on any atom is -0.347 e. The molecule has 2 rings (SSSR count). The predicted molar refractivity (Wildman–Crippen MR) is 54.5 cm³/mol. The number of hydrogen-bond donors (Lipinski definition) is 0. The number of anilines is 1. The molecule has 0 atom stereocenters. The molecule has 0 spiro atoms. The van der Waals surface area contributed by atoms with Gasteiger partial charge in [0, 0.05) is 14.1 Å². The van der Waals surface area contributed by atoms with E-state index in [4.69, 9.17) is 11.6 Å². The van der Waals surface area contributed by atoms with Crippen LogP contribution < -0.4 is 4.90 Å². The van der Waals surface area contributed by atoms with Crippen LogP contribution in [0.15, 0.2) is 12.5 Å². The topological polar surface area (TPSA) is 54.8 Å². The van der Waals surface area contributed by atoms with E-state index in [9.17, 15) is 0 Å². The van der Waals surface area contributed by atoms with E-state index in [1.54, 1.807) is 11.1 Å². The van der Waals surface area contributed by atoms with Crippen LogP contribution in [0.25, 0.3) is 11.0 Å². The summed E-state index contributed by atoms with van der Waals surface area (Å²) >= 11 is 5.87. The summed E-state index contributed by atoms with van der Waals surface area (Å²) in [5, 5.41) is 0.348. The fourth-order valence-corrected chi connectivity index (χ4v) is 1.21. The number of hydrogen-bond acceptors (Lipinski definition) is 5. The third-order valence-electron chi connectivity index (χ3n) is 1.72. The summed E-state index contributed by atoms with van der Waals surface area (Å²) in [6, 6.07) is 0. The average Bonchev–Trinajstić information content (AvgIpc) is 2.18. The highest BCUT2D eigenvalue weighted by Gasteiger charge is 2.06. The lowest BCUT2D eigenvalue weighted by atomic mass is 10.4. The molecule has 14 heavy (non-hydrogen) atoms. The van der Waals surface area contributed by atoms with E-state index in [1.165, 1.54) is 6.33 Å². The summed E-state index contributed by atoms with van der Waals surface area (Å²) in [7, 11) is 3.72. The van der Waals surface area contributed by atoms with E-state index in [2.05, 4.69) is 19.9 Å². The lowest BCUT2D eigenvalue weighted by molar-refractivity contribution is 1.01. The zero-order valence-electron chi connectivity index (χ0n) is 7.77. The largest absolute Gasteiger partial charge is 0.347 e. The third-order valence-corrected chi connectivity index (χ3v) is 2.00. The van der Waals surface area contributed by atoms with Gasteiger partial charge in [0.2, 0.25) is 5.95 Å². The van der Waals surface area contributed by atoms with Crippen molar-refractivity contribution in [3.63, 3.8) is 0 Å². The Labute approximate surface area is 85.8 Å². The summed E-state index contributed by atoms with van der Waals surface area (Å²) in [6.07, 6.45) is 3.02. The van der Waals surface area contributed by atoms with Gasteiger partial charge in [-0.25, -0.2) is 19.9 Å². The van der Waals surface area contributed by atoms with Crippen molar-refractivity contribution in [1.82, 2.24) is 19.9 Å². The molecule has 0 aliphatic heterocycles. The van der Waals surface area contributed by atoms with E-state index >= 15 is 0 Å². The summed E-state index contributed by atoms with van der Waals surface area (Å²) < 4.78 is 0. The zero-order chi connectivity index (χ0) is 10.1. The Morgan fingerprint density at radius 3 is 2.71 bits per heavy atom. The second kappa shape index (κ2) is 3.34. The molecule has 6 heteroatoms. The maximum atomic E-state index is 5.87. The second-order valence-corrected chi connectivity index (χ2v) is 3.32. The maximum absolute atomic E-state index is 5.87. The van der Waals surface area contributed by atoms with Crippen LogP contribution >= 0.6 is 11.6 Å². The Balaban J connectivity index is 2.70. The lowest BCUT2D eigenvalue weighted by Crippen LogP contribution is -2.12. The highest BCUT2D eigenvalue weighted by molar-refractivity contribution is 6.33. The van der Waals surface area contributed by atoms with Crippen LogP contribution in [0.1, 0.15) is 0 Å². The van der Waals surface area contributed by atoms with Crippen molar-refractivity contribution in [2.24, 2.45) is 0 Å². The fourth-order valence-electron chi connectivity index (χ4n) is 1.03. The molecule has 0 aliphatic rings. The Kier molecular flexibility index (Phi) is 2.17. The Morgan fingerprint density at radius 1 is 1.21 bits per heavy atom. The van der Waals surface area contributed by atoms with Crippen molar-refractivity contribution < 1.29 is 0 Å². The first-order valence-electron chi connectivity index (χ1n) is 3.99. The van der Waals surface area contributed by atoms with Crippen LogP contribution in [0, 0.1) is 0 Å². The summed E-state index contributed by atoms with van der Waals surface area (Å²) in [5.41, 5.74) is 1.23. The van der Waals surface area contributed by atoms with Gasteiger partial charge in [-0.1, -0.05) is 11.6 Å². The van der Waals surface area contributed by atoms with Crippen molar-refractivity contribution in [1.29, 1.82) is 0 Å². The highest BCUT2D eigenvalue weighted by Crippen LogP contribution is 2.17. The predicted octanol–water partition coefficient (Wildman–Crippen LogP) is 1.14. The van der Waals surface area contributed by atoms with Crippen molar-refractivity contribution in [2.75, 3.05) is 19.0 Å². The molecule has 0 radical (unpaired) electrons. The SMILES string of the molecule is CN(C)c1ncc2ncnc(Cl)c2n1. The van der Waals surface area contributed by atoms with Crippen LogP contribution in [0.4, 0.5) is 5.95 Å². The molecule has 0 fully saturated rings. The van der Waals surface area contributed by atoms with Crippen LogP contribution in [-0.2, 0) is 0 Å². The molecule has 0 aromatic carbocycles. The van der Waals surface area contributed by atoms with Gasteiger partial charge < -0.3 is 4.90 Å². The molecule has 72 valence electrons. The first-order chi connectivity index (χ1) is 6.68. The smallest absolute Gasteiger partial charge is 0.225 e. The van der Waals surface area contributed by atoms with Gasteiger partial charge in [0.25, 0.3) is 0 Å².